The lowest BCUT2D eigenvalue weighted by atomic mass is 10.1. The number of hydrogen-bond acceptors (Lipinski definition) is 3. The number of carbonyl (C=O) groups excluding carboxylic acids is 1. The molecular formula is C21H16FN3O2. The Labute approximate surface area is 155 Å². The van der Waals surface area contributed by atoms with E-state index < -0.39 is 5.82 Å². The third-order valence-corrected chi connectivity index (χ3v) is 4.00. The quantitative estimate of drug-likeness (QED) is 0.581. The fraction of sp³-hybridized carbons (Fsp3) is 0.0476. The van der Waals surface area contributed by atoms with Gasteiger partial charge in [-0.25, -0.2) is 9.37 Å². The van der Waals surface area contributed by atoms with E-state index in [0.717, 1.165) is 16.9 Å². The van der Waals surface area contributed by atoms with Crippen LogP contribution < -0.4 is 10.1 Å². The summed E-state index contributed by atoms with van der Waals surface area (Å²) in [6.45, 7) is -0.278. The first-order chi connectivity index (χ1) is 13.2. The zero-order valence-corrected chi connectivity index (χ0v) is 14.3. The topological polar surface area (TPSA) is 55.6 Å². The van der Waals surface area contributed by atoms with Gasteiger partial charge in [-0.05, 0) is 36.4 Å². The van der Waals surface area contributed by atoms with Gasteiger partial charge in [0.2, 0.25) is 0 Å². The molecule has 0 atom stereocenters. The van der Waals surface area contributed by atoms with Crippen LogP contribution in [0.4, 0.5) is 10.1 Å². The number of hydrogen-bond donors (Lipinski definition) is 1. The summed E-state index contributed by atoms with van der Waals surface area (Å²) in [5.74, 6) is -0.823. The molecule has 2 aromatic carbocycles. The highest BCUT2D eigenvalue weighted by Gasteiger charge is 2.09. The highest BCUT2D eigenvalue weighted by atomic mass is 19.1. The number of nitrogens with one attached hydrogen (secondary N) is 1. The summed E-state index contributed by atoms with van der Waals surface area (Å²) in [6.07, 6.45) is 3.86. The van der Waals surface area contributed by atoms with E-state index in [4.69, 9.17) is 4.74 Å². The van der Waals surface area contributed by atoms with Gasteiger partial charge in [0.25, 0.3) is 5.91 Å². The van der Waals surface area contributed by atoms with Crippen molar-refractivity contribution >= 4 is 17.2 Å². The van der Waals surface area contributed by atoms with Crippen LogP contribution >= 0.6 is 0 Å². The number of rotatable bonds is 5. The molecule has 0 fully saturated rings. The Morgan fingerprint density at radius 1 is 1.07 bits per heavy atom. The van der Waals surface area contributed by atoms with Gasteiger partial charge in [0, 0.05) is 23.6 Å². The molecule has 2 aromatic heterocycles. The van der Waals surface area contributed by atoms with Crippen LogP contribution in [0.1, 0.15) is 0 Å². The Morgan fingerprint density at radius 2 is 1.93 bits per heavy atom. The molecular weight excluding hydrogens is 345 g/mol. The molecule has 0 aliphatic carbocycles. The minimum atomic E-state index is -0.501. The Morgan fingerprint density at radius 3 is 2.78 bits per heavy atom. The van der Waals surface area contributed by atoms with Crippen LogP contribution in [0.3, 0.4) is 0 Å². The maximum Gasteiger partial charge on any atom is 0.262 e. The summed E-state index contributed by atoms with van der Waals surface area (Å²) in [7, 11) is 0. The predicted molar refractivity (Wildman–Crippen MR) is 101 cm³/mol. The number of nitrogens with zero attached hydrogens (tertiary/aromatic N) is 2. The predicted octanol–water partition coefficient (Wildman–Crippen LogP) is 4.16. The molecule has 5 nitrogen and oxygen atoms in total. The van der Waals surface area contributed by atoms with E-state index in [-0.39, 0.29) is 18.3 Å². The Kier molecular flexibility index (Phi) is 4.53. The van der Waals surface area contributed by atoms with Crippen LogP contribution in [0.15, 0.2) is 79.1 Å². The van der Waals surface area contributed by atoms with E-state index >= 15 is 0 Å². The normalized spacial score (nSPS) is 10.7. The van der Waals surface area contributed by atoms with E-state index in [1.54, 1.807) is 18.2 Å². The second kappa shape index (κ2) is 7.29. The van der Waals surface area contributed by atoms with Crippen molar-refractivity contribution in [3.63, 3.8) is 0 Å². The third kappa shape index (κ3) is 3.79. The standard InChI is InChI=1S/C21H16FN3O2/c22-17-8-1-2-9-19(17)27-14-21(26)23-16-7-5-6-15(12-16)18-13-25-11-4-3-10-20(25)24-18/h1-13H,14H2,(H,23,26). The van der Waals surface area contributed by atoms with Gasteiger partial charge < -0.3 is 14.5 Å². The zero-order chi connectivity index (χ0) is 18.6. The lowest BCUT2D eigenvalue weighted by molar-refractivity contribution is -0.118. The van der Waals surface area contributed by atoms with Gasteiger partial charge in [-0.1, -0.05) is 30.3 Å². The highest BCUT2D eigenvalue weighted by molar-refractivity contribution is 5.92. The van der Waals surface area contributed by atoms with Gasteiger partial charge in [0.05, 0.1) is 5.69 Å². The van der Waals surface area contributed by atoms with Crippen molar-refractivity contribution in [1.82, 2.24) is 9.38 Å². The monoisotopic (exact) mass is 361 g/mol. The fourth-order valence-electron chi connectivity index (χ4n) is 2.73. The molecule has 0 radical (unpaired) electrons. The molecule has 4 rings (SSSR count). The lowest BCUT2D eigenvalue weighted by Gasteiger charge is -2.09. The van der Waals surface area contributed by atoms with Crippen molar-refractivity contribution in [2.24, 2.45) is 0 Å². The summed E-state index contributed by atoms with van der Waals surface area (Å²) in [4.78, 5) is 16.7. The van der Waals surface area contributed by atoms with Crippen LogP contribution in [0.5, 0.6) is 5.75 Å². The summed E-state index contributed by atoms with van der Waals surface area (Å²) in [6, 6.07) is 19.1. The molecule has 2 heterocycles. The summed E-state index contributed by atoms with van der Waals surface area (Å²) < 4.78 is 20.7. The average Bonchev–Trinajstić information content (AvgIpc) is 3.12. The number of carbonyl (C=O) groups is 1. The second-order valence-corrected chi connectivity index (χ2v) is 5.94. The molecule has 27 heavy (non-hydrogen) atoms. The number of fused-ring (bicyclic) bond motifs is 1. The first-order valence-electron chi connectivity index (χ1n) is 8.40. The number of imidazole rings is 1. The number of para-hydroxylation sites is 1. The van der Waals surface area contributed by atoms with Crippen molar-refractivity contribution in [2.75, 3.05) is 11.9 Å². The van der Waals surface area contributed by atoms with Crippen LogP contribution in [-0.2, 0) is 4.79 Å². The highest BCUT2D eigenvalue weighted by Crippen LogP contribution is 2.22. The van der Waals surface area contributed by atoms with Crippen LogP contribution in [0.2, 0.25) is 0 Å². The number of ether oxygens (including phenoxy) is 1. The van der Waals surface area contributed by atoms with Crippen LogP contribution in [-0.4, -0.2) is 21.9 Å². The van der Waals surface area contributed by atoms with E-state index in [9.17, 15) is 9.18 Å². The number of benzene rings is 2. The van der Waals surface area contributed by atoms with Crippen molar-refractivity contribution in [3.05, 3.63) is 84.9 Å². The van der Waals surface area contributed by atoms with Crippen molar-refractivity contribution in [3.8, 4) is 17.0 Å². The minimum absolute atomic E-state index is 0.0473. The summed E-state index contributed by atoms with van der Waals surface area (Å²) in [5, 5.41) is 2.75. The van der Waals surface area contributed by atoms with Gasteiger partial charge in [-0.3, -0.25) is 4.79 Å². The Hall–Kier alpha value is -3.67. The largest absolute Gasteiger partial charge is 0.481 e. The van der Waals surface area contributed by atoms with E-state index in [2.05, 4.69) is 10.3 Å². The van der Waals surface area contributed by atoms with Crippen LogP contribution in [0.25, 0.3) is 16.9 Å². The molecule has 0 aliphatic heterocycles. The van der Waals surface area contributed by atoms with Gasteiger partial charge in [-0.2, -0.15) is 0 Å². The van der Waals surface area contributed by atoms with Crippen molar-refractivity contribution in [1.29, 1.82) is 0 Å². The summed E-state index contributed by atoms with van der Waals surface area (Å²) in [5.41, 5.74) is 3.15. The molecule has 1 amide bonds. The molecule has 1 N–H and O–H groups in total. The SMILES string of the molecule is O=C(COc1ccccc1F)Nc1cccc(-c2cn3ccccc3n2)c1. The van der Waals surface area contributed by atoms with Gasteiger partial charge in [-0.15, -0.1) is 0 Å². The van der Waals surface area contributed by atoms with Gasteiger partial charge in [0.1, 0.15) is 5.65 Å². The minimum Gasteiger partial charge on any atom is -0.481 e. The molecule has 0 bridgehead atoms. The van der Waals surface area contributed by atoms with E-state index in [1.807, 2.05) is 53.2 Å². The van der Waals surface area contributed by atoms with Crippen molar-refractivity contribution < 1.29 is 13.9 Å². The molecule has 134 valence electrons. The Balaban J connectivity index is 1.46. The number of amides is 1. The second-order valence-electron chi connectivity index (χ2n) is 5.94. The molecule has 0 saturated carbocycles. The number of halogens is 1. The smallest absolute Gasteiger partial charge is 0.262 e. The third-order valence-electron chi connectivity index (χ3n) is 4.00. The maximum absolute atomic E-state index is 13.5. The average molecular weight is 361 g/mol. The molecule has 0 saturated heterocycles. The maximum atomic E-state index is 13.5. The van der Waals surface area contributed by atoms with E-state index in [0.29, 0.717) is 5.69 Å². The number of pyridine rings is 1. The molecule has 0 unspecified atom stereocenters. The van der Waals surface area contributed by atoms with Crippen LogP contribution in [0, 0.1) is 5.82 Å². The van der Waals surface area contributed by atoms with Crippen molar-refractivity contribution in [2.45, 2.75) is 0 Å². The lowest BCUT2D eigenvalue weighted by Crippen LogP contribution is -2.20. The molecule has 0 spiro atoms. The summed E-state index contributed by atoms with van der Waals surface area (Å²) >= 11 is 0. The molecule has 0 aliphatic rings. The van der Waals surface area contributed by atoms with Gasteiger partial charge >= 0.3 is 0 Å². The molecule has 4 aromatic rings. The van der Waals surface area contributed by atoms with Gasteiger partial charge in [0.15, 0.2) is 18.2 Å². The fourth-order valence-corrected chi connectivity index (χ4v) is 2.73. The molecule has 6 heteroatoms. The zero-order valence-electron chi connectivity index (χ0n) is 14.3. The first-order valence-corrected chi connectivity index (χ1v) is 8.40. The number of aromatic nitrogens is 2. The number of anilines is 1. The van der Waals surface area contributed by atoms with E-state index in [1.165, 1.54) is 12.1 Å². The first kappa shape index (κ1) is 16.8. The Bertz CT molecular complexity index is 1070.